The van der Waals surface area contributed by atoms with E-state index in [1.165, 1.54) is 24.3 Å². The van der Waals surface area contributed by atoms with Gasteiger partial charge in [0.25, 0.3) is 0 Å². The minimum absolute atomic E-state index is 0.0136. The summed E-state index contributed by atoms with van der Waals surface area (Å²) < 4.78 is 36.6. The van der Waals surface area contributed by atoms with Gasteiger partial charge in [-0.2, -0.15) is 0 Å². The number of aliphatic hydroxyl groups excluding tert-OH is 1. The number of carbonyl (C=O) groups excluding carboxylic acids is 1. The van der Waals surface area contributed by atoms with E-state index >= 15 is 0 Å². The maximum Gasteiger partial charge on any atom is 0.175 e. The van der Waals surface area contributed by atoms with Gasteiger partial charge in [0.05, 0.1) is 4.91 Å². The minimum atomic E-state index is -3.45. The van der Waals surface area contributed by atoms with Crippen LogP contribution in [-0.2, 0) is 14.6 Å². The summed E-state index contributed by atoms with van der Waals surface area (Å²) in [6, 6.07) is 6.22. The van der Waals surface area contributed by atoms with Crippen molar-refractivity contribution < 1.29 is 22.7 Å². The first kappa shape index (κ1) is 19.9. The molecule has 1 rings (SSSR count). The van der Waals surface area contributed by atoms with Crippen molar-refractivity contribution in [2.45, 2.75) is 6.92 Å². The van der Waals surface area contributed by atoms with E-state index in [1.807, 2.05) is 0 Å². The van der Waals surface area contributed by atoms with Crippen LogP contribution in [0, 0.1) is 5.82 Å². The van der Waals surface area contributed by atoms with Crippen LogP contribution in [0.5, 0.6) is 0 Å². The highest BCUT2D eigenvalue weighted by molar-refractivity contribution is 7.94. The topological polar surface area (TPSA) is 71.4 Å². The van der Waals surface area contributed by atoms with Gasteiger partial charge in [-0.25, -0.2) is 12.8 Å². The first-order valence-corrected chi connectivity index (χ1v) is 8.15. The summed E-state index contributed by atoms with van der Waals surface area (Å²) in [4.78, 5) is 10.3. The molecule has 22 heavy (non-hydrogen) atoms. The largest absolute Gasteiger partial charge is 0.400 e. The van der Waals surface area contributed by atoms with Crippen molar-refractivity contribution in [3.05, 3.63) is 64.9 Å². The quantitative estimate of drug-likeness (QED) is 0.513. The summed E-state index contributed by atoms with van der Waals surface area (Å²) in [5, 5.41) is 7.00. The zero-order valence-electron chi connectivity index (χ0n) is 12.7. The van der Waals surface area contributed by atoms with Gasteiger partial charge in [-0.1, -0.05) is 24.3 Å². The molecule has 0 aliphatic carbocycles. The SMILES string of the molecule is CO.C\C(=C/C=C(\C=C\C=O)S(C)(=O)=O)c1ccccc1F. The second-order valence-corrected chi connectivity index (χ2v) is 6.18. The van der Waals surface area contributed by atoms with Crippen LogP contribution in [0.4, 0.5) is 4.39 Å². The normalized spacial score (nSPS) is 12.8. The molecule has 0 atom stereocenters. The number of hydrogen-bond acceptors (Lipinski definition) is 4. The van der Waals surface area contributed by atoms with Crippen LogP contribution in [0.2, 0.25) is 0 Å². The first-order chi connectivity index (χ1) is 10.4. The van der Waals surface area contributed by atoms with Crippen molar-refractivity contribution in [2.75, 3.05) is 13.4 Å². The maximum absolute atomic E-state index is 13.6. The number of aldehydes is 1. The van der Waals surface area contributed by atoms with Crippen LogP contribution in [0.15, 0.2) is 53.5 Å². The molecule has 1 aromatic rings. The van der Waals surface area contributed by atoms with E-state index in [-0.39, 0.29) is 10.7 Å². The van der Waals surface area contributed by atoms with Gasteiger partial charge >= 0.3 is 0 Å². The zero-order chi connectivity index (χ0) is 17.2. The molecule has 0 unspecified atom stereocenters. The smallest absolute Gasteiger partial charge is 0.175 e. The van der Waals surface area contributed by atoms with Crippen LogP contribution in [0.25, 0.3) is 5.57 Å². The summed E-state index contributed by atoms with van der Waals surface area (Å²) in [6.45, 7) is 1.68. The standard InChI is InChI=1S/C15H15FO3S.CH4O/c1-12(14-7-3-4-8-15(14)16)9-10-13(6-5-11-17)20(2,18)19;1-2/h3-11H,1-2H3;2H,1H3/b6-5+,12-9+,13-10+;. The van der Waals surface area contributed by atoms with Gasteiger partial charge in [-0.3, -0.25) is 4.79 Å². The lowest BCUT2D eigenvalue weighted by atomic mass is 10.1. The fourth-order valence-corrected chi connectivity index (χ4v) is 2.16. The number of hydrogen-bond donors (Lipinski definition) is 1. The minimum Gasteiger partial charge on any atom is -0.400 e. The lowest BCUT2D eigenvalue weighted by Crippen LogP contribution is -1.98. The monoisotopic (exact) mass is 326 g/mol. The molecule has 0 aromatic heterocycles. The molecule has 0 saturated heterocycles. The summed E-state index contributed by atoms with van der Waals surface area (Å²) >= 11 is 0. The van der Waals surface area contributed by atoms with Gasteiger partial charge < -0.3 is 5.11 Å². The van der Waals surface area contributed by atoms with Crippen LogP contribution in [0.3, 0.4) is 0 Å². The summed E-state index contributed by atoms with van der Waals surface area (Å²) in [6.07, 6.45) is 6.68. The predicted octanol–water partition coefficient (Wildman–Crippen LogP) is 2.52. The Balaban J connectivity index is 0.00000211. The zero-order valence-corrected chi connectivity index (χ0v) is 13.5. The molecular formula is C16H19FO4S. The third-order valence-electron chi connectivity index (χ3n) is 2.56. The Bertz CT molecular complexity index is 686. The van der Waals surface area contributed by atoms with E-state index in [0.717, 1.165) is 19.4 Å². The van der Waals surface area contributed by atoms with Gasteiger partial charge in [0.1, 0.15) is 12.1 Å². The highest BCUT2D eigenvalue weighted by atomic mass is 32.2. The number of halogens is 1. The van der Waals surface area contributed by atoms with E-state index in [1.54, 1.807) is 25.1 Å². The van der Waals surface area contributed by atoms with Crippen LogP contribution < -0.4 is 0 Å². The van der Waals surface area contributed by atoms with E-state index in [0.29, 0.717) is 17.4 Å². The lowest BCUT2D eigenvalue weighted by molar-refractivity contribution is -0.104. The molecular weight excluding hydrogens is 307 g/mol. The van der Waals surface area contributed by atoms with Crippen LogP contribution >= 0.6 is 0 Å². The van der Waals surface area contributed by atoms with Crippen molar-refractivity contribution in [3.8, 4) is 0 Å². The maximum atomic E-state index is 13.6. The van der Waals surface area contributed by atoms with Crippen molar-refractivity contribution >= 4 is 21.7 Å². The fourth-order valence-electron chi connectivity index (χ4n) is 1.51. The van der Waals surface area contributed by atoms with Gasteiger partial charge in [0, 0.05) is 18.9 Å². The van der Waals surface area contributed by atoms with E-state index in [9.17, 15) is 17.6 Å². The van der Waals surface area contributed by atoms with Crippen LogP contribution in [-0.4, -0.2) is 33.2 Å². The number of aliphatic hydroxyl groups is 1. The van der Waals surface area contributed by atoms with Crippen molar-refractivity contribution in [1.29, 1.82) is 0 Å². The molecule has 0 aliphatic heterocycles. The number of benzene rings is 1. The predicted molar refractivity (Wildman–Crippen MR) is 86.3 cm³/mol. The number of carbonyl (C=O) groups is 1. The van der Waals surface area contributed by atoms with E-state index in [2.05, 4.69) is 0 Å². The Hall–Kier alpha value is -2.05. The first-order valence-electron chi connectivity index (χ1n) is 6.26. The van der Waals surface area contributed by atoms with Gasteiger partial charge in [-0.05, 0) is 36.8 Å². The molecule has 0 heterocycles. The molecule has 0 spiro atoms. The third kappa shape index (κ3) is 6.60. The molecule has 1 N–H and O–H groups in total. The number of rotatable bonds is 5. The molecule has 0 radical (unpaired) electrons. The van der Waals surface area contributed by atoms with Gasteiger partial charge in [0.15, 0.2) is 9.84 Å². The number of sulfone groups is 1. The van der Waals surface area contributed by atoms with Crippen molar-refractivity contribution in [3.63, 3.8) is 0 Å². The Morgan fingerprint density at radius 2 is 1.77 bits per heavy atom. The highest BCUT2D eigenvalue weighted by Crippen LogP contribution is 2.18. The fraction of sp³-hybridized carbons (Fsp3) is 0.188. The van der Waals surface area contributed by atoms with Crippen LogP contribution in [0.1, 0.15) is 12.5 Å². The second kappa shape index (κ2) is 9.81. The molecule has 1 aromatic carbocycles. The molecule has 0 aliphatic rings. The second-order valence-electron chi connectivity index (χ2n) is 4.17. The molecule has 6 heteroatoms. The Labute approximate surface area is 130 Å². The van der Waals surface area contributed by atoms with E-state index in [4.69, 9.17) is 5.11 Å². The van der Waals surface area contributed by atoms with Crippen molar-refractivity contribution in [2.24, 2.45) is 0 Å². The summed E-state index contributed by atoms with van der Waals surface area (Å²) in [5.41, 5.74) is 0.986. The van der Waals surface area contributed by atoms with Crippen molar-refractivity contribution in [1.82, 2.24) is 0 Å². The van der Waals surface area contributed by atoms with Gasteiger partial charge in [0.2, 0.25) is 0 Å². The lowest BCUT2D eigenvalue weighted by Gasteiger charge is -2.02. The molecule has 0 bridgehead atoms. The highest BCUT2D eigenvalue weighted by Gasteiger charge is 2.07. The molecule has 4 nitrogen and oxygen atoms in total. The Kier molecular flexibility index (Phi) is 8.89. The summed E-state index contributed by atoms with van der Waals surface area (Å²) in [5.74, 6) is -0.376. The third-order valence-corrected chi connectivity index (χ3v) is 3.69. The molecule has 0 saturated carbocycles. The average Bonchev–Trinajstić information content (AvgIpc) is 2.48. The summed E-state index contributed by atoms with van der Waals surface area (Å²) in [7, 11) is -2.45. The van der Waals surface area contributed by atoms with E-state index < -0.39 is 9.84 Å². The average molecular weight is 326 g/mol. The molecule has 120 valence electrons. The molecule has 0 amide bonds. The molecule has 0 fully saturated rings. The van der Waals surface area contributed by atoms with Gasteiger partial charge in [-0.15, -0.1) is 0 Å². The Morgan fingerprint density at radius 3 is 2.27 bits per heavy atom. The Morgan fingerprint density at radius 1 is 1.18 bits per heavy atom. The number of allylic oxidation sites excluding steroid dienone is 5.